The highest BCUT2D eigenvalue weighted by atomic mass is 16.5. The monoisotopic (exact) mass is 276 g/mol. The van der Waals surface area contributed by atoms with Gasteiger partial charge in [0.15, 0.2) is 0 Å². The van der Waals surface area contributed by atoms with Gasteiger partial charge in [0.05, 0.1) is 12.7 Å². The third-order valence-corrected chi connectivity index (χ3v) is 4.40. The Balaban J connectivity index is 2.31. The minimum atomic E-state index is 0.289. The fourth-order valence-electron chi connectivity index (χ4n) is 3.16. The lowest BCUT2D eigenvalue weighted by atomic mass is 9.95. The van der Waals surface area contributed by atoms with Gasteiger partial charge in [-0.1, -0.05) is 30.7 Å². The average molecular weight is 276 g/mol. The molecule has 1 fully saturated rings. The first-order chi connectivity index (χ1) is 9.56. The van der Waals surface area contributed by atoms with E-state index in [0.717, 1.165) is 19.6 Å². The van der Waals surface area contributed by atoms with E-state index in [1.807, 2.05) is 0 Å². The number of hydrogen-bond acceptors (Lipinski definition) is 3. The second kappa shape index (κ2) is 6.70. The summed E-state index contributed by atoms with van der Waals surface area (Å²) < 4.78 is 5.81. The van der Waals surface area contributed by atoms with Crippen LogP contribution in [0.2, 0.25) is 0 Å². The molecular formula is C17H28N2O. The Morgan fingerprint density at radius 2 is 2.15 bits per heavy atom. The summed E-state index contributed by atoms with van der Waals surface area (Å²) >= 11 is 0. The van der Waals surface area contributed by atoms with Crippen LogP contribution in [0.5, 0.6) is 0 Å². The molecule has 0 amide bonds. The van der Waals surface area contributed by atoms with E-state index >= 15 is 0 Å². The van der Waals surface area contributed by atoms with Crippen molar-refractivity contribution >= 4 is 0 Å². The Morgan fingerprint density at radius 3 is 2.80 bits per heavy atom. The summed E-state index contributed by atoms with van der Waals surface area (Å²) in [5, 5.41) is 0. The maximum absolute atomic E-state index is 6.13. The first-order valence-electron chi connectivity index (χ1n) is 7.71. The van der Waals surface area contributed by atoms with Gasteiger partial charge < -0.3 is 10.5 Å². The smallest absolute Gasteiger partial charge is 0.0675 e. The van der Waals surface area contributed by atoms with Crippen LogP contribution in [-0.2, 0) is 4.74 Å². The van der Waals surface area contributed by atoms with Crippen LogP contribution in [0.1, 0.15) is 43.0 Å². The van der Waals surface area contributed by atoms with E-state index < -0.39 is 0 Å². The second-order valence-electron chi connectivity index (χ2n) is 6.01. The number of rotatable bonds is 4. The number of aryl methyl sites for hydroxylation is 2. The molecule has 112 valence electrons. The Morgan fingerprint density at radius 1 is 1.40 bits per heavy atom. The van der Waals surface area contributed by atoms with Gasteiger partial charge in [-0.05, 0) is 38.3 Å². The molecule has 3 nitrogen and oxygen atoms in total. The molecule has 2 N–H and O–H groups in total. The van der Waals surface area contributed by atoms with Crippen LogP contribution in [0.3, 0.4) is 0 Å². The molecule has 2 rings (SSSR count). The van der Waals surface area contributed by atoms with Crippen molar-refractivity contribution in [1.82, 2.24) is 4.90 Å². The number of benzene rings is 1. The zero-order valence-corrected chi connectivity index (χ0v) is 13.2. The molecule has 1 heterocycles. The highest BCUT2D eigenvalue weighted by molar-refractivity contribution is 5.33. The Labute approximate surface area is 123 Å². The maximum atomic E-state index is 6.13. The lowest BCUT2D eigenvalue weighted by Gasteiger charge is -2.43. The zero-order valence-electron chi connectivity index (χ0n) is 13.2. The molecule has 1 aliphatic rings. The highest BCUT2D eigenvalue weighted by Crippen LogP contribution is 2.29. The van der Waals surface area contributed by atoms with Gasteiger partial charge in [-0.2, -0.15) is 0 Å². The minimum Gasteiger partial charge on any atom is -0.376 e. The Kier molecular flexibility index (Phi) is 5.19. The lowest BCUT2D eigenvalue weighted by Crippen LogP contribution is -2.51. The minimum absolute atomic E-state index is 0.289. The number of ether oxygens (including phenoxy) is 1. The van der Waals surface area contributed by atoms with Crippen molar-refractivity contribution in [3.05, 3.63) is 34.9 Å². The van der Waals surface area contributed by atoms with Crippen LogP contribution in [0.25, 0.3) is 0 Å². The van der Waals surface area contributed by atoms with Gasteiger partial charge in [0.25, 0.3) is 0 Å². The summed E-state index contributed by atoms with van der Waals surface area (Å²) in [6.07, 6.45) is 1.39. The standard InChI is InChI=1S/C17H28N2O/c1-5-15-11-20-14(4)10-19(15)17(9-18)16-8-12(2)6-7-13(16)3/h6-8,14-15,17H,5,9-11,18H2,1-4H3. The van der Waals surface area contributed by atoms with E-state index in [0.29, 0.717) is 18.6 Å². The van der Waals surface area contributed by atoms with Crippen molar-refractivity contribution in [1.29, 1.82) is 0 Å². The molecule has 1 aliphatic heterocycles. The first-order valence-corrected chi connectivity index (χ1v) is 7.71. The SMILES string of the molecule is CCC1COC(C)CN1C(CN)c1cc(C)ccc1C. The van der Waals surface area contributed by atoms with Gasteiger partial charge >= 0.3 is 0 Å². The van der Waals surface area contributed by atoms with Crippen molar-refractivity contribution < 1.29 is 4.74 Å². The lowest BCUT2D eigenvalue weighted by molar-refractivity contribution is -0.0720. The largest absolute Gasteiger partial charge is 0.376 e. The van der Waals surface area contributed by atoms with Gasteiger partial charge in [-0.15, -0.1) is 0 Å². The quantitative estimate of drug-likeness (QED) is 0.919. The van der Waals surface area contributed by atoms with E-state index in [4.69, 9.17) is 10.5 Å². The highest BCUT2D eigenvalue weighted by Gasteiger charge is 2.31. The molecule has 0 radical (unpaired) electrons. The molecule has 0 saturated carbocycles. The molecule has 1 aromatic carbocycles. The predicted molar refractivity (Wildman–Crippen MR) is 83.9 cm³/mol. The van der Waals surface area contributed by atoms with Crippen molar-refractivity contribution in [2.75, 3.05) is 19.7 Å². The van der Waals surface area contributed by atoms with Gasteiger partial charge in [-0.25, -0.2) is 0 Å². The molecule has 0 aromatic heterocycles. The molecule has 0 aliphatic carbocycles. The molecule has 3 atom stereocenters. The maximum Gasteiger partial charge on any atom is 0.0675 e. The van der Waals surface area contributed by atoms with Crippen molar-refractivity contribution in [2.45, 2.75) is 52.3 Å². The first kappa shape index (κ1) is 15.5. The number of hydrogen-bond donors (Lipinski definition) is 1. The van der Waals surface area contributed by atoms with Crippen molar-refractivity contribution in [3.8, 4) is 0 Å². The van der Waals surface area contributed by atoms with Crippen molar-refractivity contribution in [3.63, 3.8) is 0 Å². The normalized spacial score (nSPS) is 25.6. The summed E-state index contributed by atoms with van der Waals surface area (Å²) in [6.45, 7) is 11.2. The summed E-state index contributed by atoms with van der Waals surface area (Å²) in [7, 11) is 0. The van der Waals surface area contributed by atoms with Gasteiger partial charge in [0, 0.05) is 25.2 Å². The fourth-order valence-corrected chi connectivity index (χ4v) is 3.16. The van der Waals surface area contributed by atoms with E-state index in [-0.39, 0.29) is 6.10 Å². The molecule has 20 heavy (non-hydrogen) atoms. The average Bonchev–Trinajstić information content (AvgIpc) is 2.44. The summed E-state index contributed by atoms with van der Waals surface area (Å²) in [5.41, 5.74) is 10.1. The third kappa shape index (κ3) is 3.22. The topological polar surface area (TPSA) is 38.5 Å². The van der Waals surface area contributed by atoms with E-state index in [2.05, 4.69) is 50.8 Å². The predicted octanol–water partition coefficient (Wildman–Crippen LogP) is 2.80. The second-order valence-corrected chi connectivity index (χ2v) is 6.01. The number of nitrogens with zero attached hydrogens (tertiary/aromatic N) is 1. The molecule has 3 unspecified atom stereocenters. The van der Waals surface area contributed by atoms with Crippen LogP contribution in [0.4, 0.5) is 0 Å². The van der Waals surface area contributed by atoms with Crippen molar-refractivity contribution in [2.24, 2.45) is 5.73 Å². The molecule has 1 saturated heterocycles. The number of nitrogens with two attached hydrogens (primary N) is 1. The van der Waals surface area contributed by atoms with Crippen LogP contribution >= 0.6 is 0 Å². The van der Waals surface area contributed by atoms with E-state index in [1.165, 1.54) is 16.7 Å². The van der Waals surface area contributed by atoms with Crippen LogP contribution in [0.15, 0.2) is 18.2 Å². The zero-order chi connectivity index (χ0) is 14.7. The van der Waals surface area contributed by atoms with Crippen LogP contribution < -0.4 is 5.73 Å². The van der Waals surface area contributed by atoms with Gasteiger partial charge in [0.2, 0.25) is 0 Å². The van der Waals surface area contributed by atoms with Gasteiger partial charge in [0.1, 0.15) is 0 Å². The third-order valence-electron chi connectivity index (χ3n) is 4.40. The Bertz CT molecular complexity index is 447. The van der Waals surface area contributed by atoms with Crippen LogP contribution in [0, 0.1) is 13.8 Å². The summed E-state index contributed by atoms with van der Waals surface area (Å²) in [6, 6.07) is 7.44. The summed E-state index contributed by atoms with van der Waals surface area (Å²) in [4.78, 5) is 2.55. The Hall–Kier alpha value is -0.900. The number of morpholine rings is 1. The molecule has 3 heteroatoms. The molecule has 0 bridgehead atoms. The van der Waals surface area contributed by atoms with E-state index in [9.17, 15) is 0 Å². The summed E-state index contributed by atoms with van der Waals surface area (Å²) in [5.74, 6) is 0. The fraction of sp³-hybridized carbons (Fsp3) is 0.647. The van der Waals surface area contributed by atoms with Crippen LogP contribution in [-0.4, -0.2) is 36.7 Å². The van der Waals surface area contributed by atoms with E-state index in [1.54, 1.807) is 0 Å². The van der Waals surface area contributed by atoms with Gasteiger partial charge in [-0.3, -0.25) is 4.90 Å². The molecule has 1 aromatic rings. The molecular weight excluding hydrogens is 248 g/mol. The molecule has 0 spiro atoms.